The molecule has 2 aromatic carbocycles. The van der Waals surface area contributed by atoms with E-state index in [9.17, 15) is 13.8 Å². The van der Waals surface area contributed by atoms with E-state index in [1.807, 2.05) is 49.1 Å². The summed E-state index contributed by atoms with van der Waals surface area (Å²) in [5, 5.41) is 11.3. The molecule has 3 aliphatic heterocycles. The van der Waals surface area contributed by atoms with Crippen LogP contribution >= 0.6 is 0 Å². The molecule has 3 saturated heterocycles. The van der Waals surface area contributed by atoms with Crippen LogP contribution in [-0.2, 0) is 15.6 Å². The Hall–Kier alpha value is -3.61. The molecule has 40 heavy (non-hydrogen) atoms. The number of nitrogens with zero attached hydrogens (tertiary/aromatic N) is 6. The molecule has 5 heterocycles. The molecule has 208 valence electrons. The maximum absolute atomic E-state index is 13.5. The zero-order valence-corrected chi connectivity index (χ0v) is 23.5. The van der Waals surface area contributed by atoms with Crippen LogP contribution in [0.1, 0.15) is 11.1 Å². The van der Waals surface area contributed by atoms with Crippen molar-refractivity contribution in [1.29, 1.82) is 0 Å². The lowest BCUT2D eigenvalue weighted by Crippen LogP contribution is -2.72. The number of anilines is 1. The molecule has 3 fully saturated rings. The van der Waals surface area contributed by atoms with Crippen LogP contribution in [0.5, 0.6) is 0 Å². The van der Waals surface area contributed by atoms with Crippen molar-refractivity contribution in [2.45, 2.75) is 23.8 Å². The van der Waals surface area contributed by atoms with Gasteiger partial charge in [-0.2, -0.15) is 4.98 Å². The molecule has 1 atom stereocenters. The lowest BCUT2D eigenvalue weighted by molar-refractivity contribution is -0.148. The average Bonchev–Trinajstić information content (AvgIpc) is 3.31. The third-order valence-electron chi connectivity index (χ3n) is 8.52. The number of aryl methyl sites for hydroxylation is 2. The Bertz CT molecular complexity index is 1730. The number of nitrogens with one attached hydrogen (secondary N) is 2. The highest BCUT2D eigenvalue weighted by molar-refractivity contribution is 7.85. The van der Waals surface area contributed by atoms with Crippen LogP contribution in [0.2, 0.25) is 0 Å². The standard InChI is InChI=1S/C28H32N8O3S/c1-18-3-6-23(19(2)11-18)40(39)27-25-30-26(38)21-5-4-20(12-22(21)36(25)32-31-27)34-9-7-33(8-10-34)13-24(37)35-16-28(17-35)14-29-15-28/h3-6,11-12,29,32H,7-10,13-17H2,1-2H3. The molecule has 11 nitrogen and oxygen atoms in total. The number of likely N-dealkylation sites (tertiary alicyclic amines) is 1. The fourth-order valence-electron chi connectivity index (χ4n) is 6.13. The monoisotopic (exact) mass is 560 g/mol. The van der Waals surface area contributed by atoms with Gasteiger partial charge in [0.25, 0.3) is 5.56 Å². The van der Waals surface area contributed by atoms with Crippen LogP contribution in [-0.4, -0.2) is 98.6 Å². The molecule has 4 aromatic rings. The van der Waals surface area contributed by atoms with Gasteiger partial charge in [0.15, 0.2) is 10.7 Å². The van der Waals surface area contributed by atoms with E-state index >= 15 is 0 Å². The predicted molar refractivity (Wildman–Crippen MR) is 152 cm³/mol. The number of carbonyl (C=O) groups is 1. The summed E-state index contributed by atoms with van der Waals surface area (Å²) in [7, 11) is -1.60. The number of aromatic amines is 1. The van der Waals surface area contributed by atoms with Crippen LogP contribution in [0.25, 0.3) is 16.6 Å². The van der Waals surface area contributed by atoms with Crippen LogP contribution < -0.4 is 15.8 Å². The minimum Gasteiger partial charge on any atom is -0.369 e. The first kappa shape index (κ1) is 25.4. The molecule has 7 rings (SSSR count). The molecule has 12 heteroatoms. The van der Waals surface area contributed by atoms with Crippen molar-refractivity contribution in [1.82, 2.24) is 34.9 Å². The SMILES string of the molecule is Cc1ccc(S(=O)c2n[nH]n3c2nc(=O)c2ccc(N4CCN(CC(=O)N5CC6(CNC6)C5)CC4)cc23)c(C)c1. The maximum atomic E-state index is 13.5. The largest absolute Gasteiger partial charge is 0.369 e. The van der Waals surface area contributed by atoms with Gasteiger partial charge in [-0.05, 0) is 43.7 Å². The molecule has 2 aromatic heterocycles. The Balaban J connectivity index is 1.10. The summed E-state index contributed by atoms with van der Waals surface area (Å²) in [5.74, 6) is 0.221. The van der Waals surface area contributed by atoms with Gasteiger partial charge in [0.2, 0.25) is 5.91 Å². The fraction of sp³-hybridized carbons (Fsp3) is 0.429. The van der Waals surface area contributed by atoms with Gasteiger partial charge in [-0.25, -0.2) is 13.9 Å². The molecule has 1 unspecified atom stereocenters. The quantitative estimate of drug-likeness (QED) is 0.370. The molecule has 1 spiro atoms. The van der Waals surface area contributed by atoms with Crippen LogP contribution in [0, 0.1) is 19.3 Å². The Kier molecular flexibility index (Phi) is 6.02. The summed E-state index contributed by atoms with van der Waals surface area (Å²) in [6.07, 6.45) is 0. The first-order valence-corrected chi connectivity index (χ1v) is 14.8. The van der Waals surface area contributed by atoms with E-state index in [-0.39, 0.29) is 22.1 Å². The average molecular weight is 561 g/mol. The number of H-pyrrole nitrogens is 1. The lowest BCUT2D eigenvalue weighted by Gasteiger charge is -2.56. The molecule has 2 N–H and O–H groups in total. The number of piperazine rings is 1. The topological polar surface area (TPSA) is 119 Å². The summed E-state index contributed by atoms with van der Waals surface area (Å²) in [5.41, 5.74) is 3.83. The Morgan fingerprint density at radius 2 is 1.82 bits per heavy atom. The number of rotatable bonds is 5. The number of hydrogen-bond donors (Lipinski definition) is 2. The first-order chi connectivity index (χ1) is 19.3. The van der Waals surface area contributed by atoms with Gasteiger partial charge in [-0.15, -0.1) is 5.10 Å². The van der Waals surface area contributed by atoms with E-state index in [1.165, 1.54) is 0 Å². The minimum atomic E-state index is -1.60. The van der Waals surface area contributed by atoms with E-state index in [0.29, 0.717) is 27.8 Å². The van der Waals surface area contributed by atoms with Crippen molar-refractivity contribution in [3.8, 4) is 0 Å². The minimum absolute atomic E-state index is 0.221. The number of carbonyl (C=O) groups excluding carboxylic acids is 1. The summed E-state index contributed by atoms with van der Waals surface area (Å²) in [4.78, 5) is 37.1. The fourth-order valence-corrected chi connectivity index (χ4v) is 7.30. The van der Waals surface area contributed by atoms with Gasteiger partial charge in [0.05, 0.1) is 17.4 Å². The highest BCUT2D eigenvalue weighted by Crippen LogP contribution is 2.34. The van der Waals surface area contributed by atoms with Crippen LogP contribution in [0.3, 0.4) is 0 Å². The second kappa shape index (κ2) is 9.50. The molecular weight excluding hydrogens is 528 g/mol. The lowest BCUT2D eigenvalue weighted by atomic mass is 9.74. The molecule has 1 amide bonds. The van der Waals surface area contributed by atoms with Gasteiger partial charge >= 0.3 is 0 Å². The molecule has 0 aliphatic carbocycles. The van der Waals surface area contributed by atoms with Crippen molar-refractivity contribution in [2.24, 2.45) is 5.41 Å². The summed E-state index contributed by atoms with van der Waals surface area (Å²) in [6.45, 7) is 11.3. The third kappa shape index (κ3) is 4.21. The Labute approximate surface area is 233 Å². The second-order valence-corrected chi connectivity index (χ2v) is 12.8. The van der Waals surface area contributed by atoms with Crippen LogP contribution in [0.15, 0.2) is 51.1 Å². The Morgan fingerprint density at radius 1 is 1.05 bits per heavy atom. The number of hydrogen-bond acceptors (Lipinski definition) is 8. The Morgan fingerprint density at radius 3 is 2.52 bits per heavy atom. The van der Waals surface area contributed by atoms with E-state index in [2.05, 4.69) is 30.4 Å². The number of aromatic nitrogens is 4. The molecule has 3 aliphatic rings. The van der Waals surface area contributed by atoms with Crippen molar-refractivity contribution >= 4 is 38.9 Å². The maximum Gasteiger partial charge on any atom is 0.281 e. The zero-order valence-electron chi connectivity index (χ0n) is 22.6. The van der Waals surface area contributed by atoms with Gasteiger partial charge in [0, 0.05) is 68.4 Å². The highest BCUT2D eigenvalue weighted by atomic mass is 32.2. The first-order valence-electron chi connectivity index (χ1n) is 13.7. The number of benzene rings is 2. The van der Waals surface area contributed by atoms with E-state index < -0.39 is 10.8 Å². The summed E-state index contributed by atoms with van der Waals surface area (Å²) in [6, 6.07) is 11.4. The molecule has 0 radical (unpaired) electrons. The summed E-state index contributed by atoms with van der Waals surface area (Å²) >= 11 is 0. The van der Waals surface area contributed by atoms with E-state index in [1.54, 1.807) is 10.6 Å². The van der Waals surface area contributed by atoms with Crippen LogP contribution in [0.4, 0.5) is 5.69 Å². The number of fused-ring (bicyclic) bond motifs is 3. The normalized spacial score (nSPS) is 19.6. The van der Waals surface area contributed by atoms with Crippen molar-refractivity contribution in [2.75, 3.05) is 63.8 Å². The smallest absolute Gasteiger partial charge is 0.281 e. The summed E-state index contributed by atoms with van der Waals surface area (Å²) < 4.78 is 15.1. The predicted octanol–water partition coefficient (Wildman–Crippen LogP) is 0.908. The second-order valence-electron chi connectivity index (χ2n) is 11.4. The van der Waals surface area contributed by atoms with Crippen molar-refractivity contribution < 1.29 is 9.00 Å². The third-order valence-corrected chi connectivity index (χ3v) is 10.0. The van der Waals surface area contributed by atoms with Gasteiger partial charge in [0.1, 0.15) is 10.8 Å². The molecule has 0 bridgehead atoms. The van der Waals surface area contributed by atoms with Crippen molar-refractivity contribution in [3.63, 3.8) is 0 Å². The zero-order chi connectivity index (χ0) is 27.6. The number of amides is 1. The highest BCUT2D eigenvalue weighted by Gasteiger charge is 2.49. The van der Waals surface area contributed by atoms with Gasteiger partial charge in [-0.3, -0.25) is 14.5 Å². The van der Waals surface area contributed by atoms with Crippen molar-refractivity contribution in [3.05, 3.63) is 57.9 Å². The van der Waals surface area contributed by atoms with E-state index in [0.717, 1.165) is 69.2 Å². The molecule has 0 saturated carbocycles. The molecular formula is C28H32N8O3S. The van der Waals surface area contributed by atoms with Gasteiger partial charge < -0.3 is 15.1 Å². The van der Waals surface area contributed by atoms with E-state index in [4.69, 9.17) is 0 Å². The van der Waals surface area contributed by atoms with Gasteiger partial charge in [-0.1, -0.05) is 17.7 Å².